The van der Waals surface area contributed by atoms with Gasteiger partial charge in [0.25, 0.3) is 11.8 Å². The molecule has 0 heterocycles. The number of amides is 4. The van der Waals surface area contributed by atoms with Gasteiger partial charge in [-0.2, -0.15) is 0 Å². The number of nitrogens with one attached hydrogen (secondary N) is 3. The number of carbonyl (C=O) groups is 4. The Morgan fingerprint density at radius 1 is 0.717 bits per heavy atom. The van der Waals surface area contributed by atoms with Gasteiger partial charge in [0.05, 0.1) is 27.1 Å². The first-order valence-electron chi connectivity index (χ1n) is 13.8. The fraction of sp³-hybridized carbons (Fsp3) is 0.118. The van der Waals surface area contributed by atoms with Crippen LogP contribution in [-0.2, 0) is 9.59 Å². The summed E-state index contributed by atoms with van der Waals surface area (Å²) < 4.78 is 16.3. The van der Waals surface area contributed by atoms with Gasteiger partial charge in [0.2, 0.25) is 11.8 Å². The number of primary amides is 1. The van der Waals surface area contributed by atoms with E-state index in [0.29, 0.717) is 45.3 Å². The van der Waals surface area contributed by atoms with Crippen LogP contribution in [0.3, 0.4) is 0 Å². The summed E-state index contributed by atoms with van der Waals surface area (Å²) in [6.45, 7) is 0. The van der Waals surface area contributed by atoms with Gasteiger partial charge in [-0.05, 0) is 66.7 Å². The quantitative estimate of drug-likeness (QED) is 0.118. The standard InChI is InChI=1S/C34H32N4O7S/c1-43-28-19-30(45-3)29(44-2)17-23(28)16-27(38-33(41)22-8-5-4-6-9-22)34(42)37-25-10-7-11-26(18-25)46-20-31(39)36-24-14-12-21(13-15-24)32(35)40/h4-19H,20H2,1-3H3,(H2,35,40)(H,36,39)(H,37,42)(H,38,41)/b27-16+. The molecule has 0 aliphatic rings. The molecule has 4 amide bonds. The molecule has 46 heavy (non-hydrogen) atoms. The Hall–Kier alpha value is -5.75. The Labute approximate surface area is 270 Å². The average molecular weight is 641 g/mol. The predicted octanol–water partition coefficient (Wildman–Crippen LogP) is 4.95. The van der Waals surface area contributed by atoms with Crippen LogP contribution >= 0.6 is 11.8 Å². The van der Waals surface area contributed by atoms with Crippen molar-refractivity contribution in [3.8, 4) is 17.2 Å². The number of rotatable bonds is 13. The summed E-state index contributed by atoms with van der Waals surface area (Å²) in [4.78, 5) is 51.2. The van der Waals surface area contributed by atoms with Gasteiger partial charge in [-0.15, -0.1) is 11.8 Å². The van der Waals surface area contributed by atoms with Crippen molar-refractivity contribution < 1.29 is 33.4 Å². The van der Waals surface area contributed by atoms with Gasteiger partial charge in [-0.25, -0.2) is 0 Å². The maximum atomic E-state index is 13.6. The molecule has 0 fully saturated rings. The van der Waals surface area contributed by atoms with E-state index >= 15 is 0 Å². The van der Waals surface area contributed by atoms with Crippen LogP contribution < -0.4 is 35.9 Å². The number of methoxy groups -OCH3 is 3. The SMILES string of the molecule is COc1cc(OC)c(OC)cc1/C=C(/NC(=O)c1ccccc1)C(=O)Nc1cccc(SCC(=O)Nc2ccc(C(N)=O)cc2)c1. The molecule has 0 atom stereocenters. The van der Waals surface area contributed by atoms with Crippen LogP contribution in [0.2, 0.25) is 0 Å². The topological polar surface area (TPSA) is 158 Å². The monoisotopic (exact) mass is 640 g/mol. The van der Waals surface area contributed by atoms with Gasteiger partial charge < -0.3 is 35.9 Å². The zero-order valence-corrected chi connectivity index (χ0v) is 26.1. The van der Waals surface area contributed by atoms with Crippen molar-refractivity contribution in [1.82, 2.24) is 5.32 Å². The van der Waals surface area contributed by atoms with Crippen molar-refractivity contribution in [3.05, 3.63) is 113 Å². The fourth-order valence-electron chi connectivity index (χ4n) is 4.19. The summed E-state index contributed by atoms with van der Waals surface area (Å²) in [6, 6.07) is 24.9. The predicted molar refractivity (Wildman–Crippen MR) is 177 cm³/mol. The molecule has 11 nitrogen and oxygen atoms in total. The number of thioether (sulfide) groups is 1. The van der Waals surface area contributed by atoms with Crippen LogP contribution in [0.5, 0.6) is 17.2 Å². The first-order valence-corrected chi connectivity index (χ1v) is 14.8. The number of anilines is 2. The lowest BCUT2D eigenvalue weighted by molar-refractivity contribution is -0.114. The highest BCUT2D eigenvalue weighted by molar-refractivity contribution is 8.00. The molecule has 5 N–H and O–H groups in total. The minimum absolute atomic E-state index is 0.0563. The zero-order valence-electron chi connectivity index (χ0n) is 25.3. The lowest BCUT2D eigenvalue weighted by Crippen LogP contribution is -2.30. The number of hydrogen-bond donors (Lipinski definition) is 4. The zero-order chi connectivity index (χ0) is 33.1. The van der Waals surface area contributed by atoms with Crippen LogP contribution in [0.4, 0.5) is 11.4 Å². The lowest BCUT2D eigenvalue weighted by Gasteiger charge is -2.15. The van der Waals surface area contributed by atoms with Crippen LogP contribution in [0.25, 0.3) is 6.08 Å². The van der Waals surface area contributed by atoms with E-state index in [2.05, 4.69) is 16.0 Å². The minimum Gasteiger partial charge on any atom is -0.496 e. The number of nitrogens with two attached hydrogens (primary N) is 1. The molecule has 0 saturated heterocycles. The Morgan fingerprint density at radius 2 is 1.39 bits per heavy atom. The molecule has 0 radical (unpaired) electrons. The third kappa shape index (κ3) is 8.89. The minimum atomic E-state index is -0.597. The number of hydrogen-bond acceptors (Lipinski definition) is 8. The van der Waals surface area contributed by atoms with Gasteiger partial charge in [0.1, 0.15) is 11.4 Å². The van der Waals surface area contributed by atoms with Crippen molar-refractivity contribution in [2.45, 2.75) is 4.90 Å². The van der Waals surface area contributed by atoms with Gasteiger partial charge in [-0.1, -0.05) is 24.3 Å². The summed E-state index contributed by atoms with van der Waals surface area (Å²) in [5.74, 6) is -0.586. The molecule has 0 bridgehead atoms. The molecule has 4 aromatic carbocycles. The third-order valence-electron chi connectivity index (χ3n) is 6.48. The molecular weight excluding hydrogens is 608 g/mol. The summed E-state index contributed by atoms with van der Waals surface area (Å²) in [6.07, 6.45) is 1.48. The highest BCUT2D eigenvalue weighted by Crippen LogP contribution is 2.35. The van der Waals surface area contributed by atoms with E-state index in [1.165, 1.54) is 51.3 Å². The maximum Gasteiger partial charge on any atom is 0.272 e. The molecule has 4 aromatic rings. The molecule has 12 heteroatoms. The second kappa shape index (κ2) is 15.8. The van der Waals surface area contributed by atoms with Crippen LogP contribution in [0.15, 0.2) is 102 Å². The van der Waals surface area contributed by atoms with E-state index in [1.54, 1.807) is 78.9 Å². The van der Waals surface area contributed by atoms with Gasteiger partial charge >= 0.3 is 0 Å². The molecule has 0 spiro atoms. The van der Waals surface area contributed by atoms with Gasteiger partial charge in [-0.3, -0.25) is 19.2 Å². The fourth-order valence-corrected chi connectivity index (χ4v) is 4.94. The van der Waals surface area contributed by atoms with E-state index in [1.807, 2.05) is 0 Å². The summed E-state index contributed by atoms with van der Waals surface area (Å²) >= 11 is 1.26. The molecule has 0 saturated carbocycles. The van der Waals surface area contributed by atoms with E-state index in [9.17, 15) is 19.2 Å². The van der Waals surface area contributed by atoms with Crippen molar-refractivity contribution >= 4 is 52.8 Å². The van der Waals surface area contributed by atoms with E-state index in [-0.39, 0.29) is 17.4 Å². The molecule has 0 aliphatic carbocycles. The molecule has 236 valence electrons. The van der Waals surface area contributed by atoms with Crippen molar-refractivity contribution in [2.24, 2.45) is 5.73 Å². The molecular formula is C34H32N4O7S. The largest absolute Gasteiger partial charge is 0.496 e. The van der Waals surface area contributed by atoms with Crippen LogP contribution in [0.1, 0.15) is 26.3 Å². The molecule has 0 aromatic heterocycles. The number of ether oxygens (including phenoxy) is 3. The Morgan fingerprint density at radius 3 is 2.04 bits per heavy atom. The number of benzene rings is 4. The third-order valence-corrected chi connectivity index (χ3v) is 7.47. The average Bonchev–Trinajstić information content (AvgIpc) is 3.07. The summed E-state index contributed by atoms with van der Waals surface area (Å²) in [7, 11) is 4.46. The Balaban J connectivity index is 1.52. The Kier molecular flexibility index (Phi) is 11.4. The highest BCUT2D eigenvalue weighted by atomic mass is 32.2. The molecule has 4 rings (SSSR count). The van der Waals surface area contributed by atoms with Crippen molar-refractivity contribution in [2.75, 3.05) is 37.7 Å². The maximum absolute atomic E-state index is 13.6. The second-order valence-electron chi connectivity index (χ2n) is 9.59. The lowest BCUT2D eigenvalue weighted by atomic mass is 10.1. The molecule has 0 unspecified atom stereocenters. The normalized spacial score (nSPS) is 10.8. The first-order chi connectivity index (χ1) is 22.2. The Bertz CT molecular complexity index is 1760. The van der Waals surface area contributed by atoms with Crippen LogP contribution in [0, 0.1) is 0 Å². The van der Waals surface area contributed by atoms with Gasteiger partial charge in [0, 0.05) is 39.0 Å². The van der Waals surface area contributed by atoms with Crippen molar-refractivity contribution in [3.63, 3.8) is 0 Å². The van der Waals surface area contributed by atoms with Gasteiger partial charge in [0.15, 0.2) is 11.5 Å². The number of carbonyl (C=O) groups excluding carboxylic acids is 4. The van der Waals surface area contributed by atoms with E-state index in [4.69, 9.17) is 19.9 Å². The highest BCUT2D eigenvalue weighted by Gasteiger charge is 2.18. The summed E-state index contributed by atoms with van der Waals surface area (Å²) in [5.41, 5.74) is 7.33. The molecule has 0 aliphatic heterocycles. The second-order valence-corrected chi connectivity index (χ2v) is 10.6. The first kappa shape index (κ1) is 33.1. The van der Waals surface area contributed by atoms with E-state index in [0.717, 1.165) is 4.90 Å². The smallest absolute Gasteiger partial charge is 0.272 e. The summed E-state index contributed by atoms with van der Waals surface area (Å²) in [5, 5.41) is 8.29. The van der Waals surface area contributed by atoms with Crippen LogP contribution in [-0.4, -0.2) is 50.7 Å². The van der Waals surface area contributed by atoms with E-state index < -0.39 is 17.7 Å². The van der Waals surface area contributed by atoms with Crippen molar-refractivity contribution in [1.29, 1.82) is 0 Å².